The molecule has 1 saturated heterocycles. The van der Waals surface area contributed by atoms with E-state index in [4.69, 9.17) is 13.7 Å². The van der Waals surface area contributed by atoms with Gasteiger partial charge in [0.2, 0.25) is 5.91 Å². The second-order valence-electron chi connectivity index (χ2n) is 6.91. The molecule has 0 radical (unpaired) electrons. The number of hydrogen-bond acceptors (Lipinski definition) is 6. The summed E-state index contributed by atoms with van der Waals surface area (Å²) < 4.78 is 39.0. The van der Waals surface area contributed by atoms with Gasteiger partial charge in [0.25, 0.3) is 10.1 Å². The van der Waals surface area contributed by atoms with Gasteiger partial charge in [-0.05, 0) is 43.4 Å². The zero-order valence-corrected chi connectivity index (χ0v) is 15.9. The number of amides is 1. The molecule has 8 heteroatoms. The molecule has 26 heavy (non-hydrogen) atoms. The van der Waals surface area contributed by atoms with E-state index >= 15 is 0 Å². The van der Waals surface area contributed by atoms with Gasteiger partial charge in [0, 0.05) is 12.3 Å². The van der Waals surface area contributed by atoms with E-state index in [1.807, 2.05) is 18.2 Å². The fourth-order valence-corrected chi connectivity index (χ4v) is 4.01. The lowest BCUT2D eigenvalue weighted by molar-refractivity contribution is -0.119. The van der Waals surface area contributed by atoms with Gasteiger partial charge in [-0.3, -0.25) is 8.98 Å². The molecule has 3 rings (SSSR count). The Balaban J connectivity index is 1.80. The number of hydrogen-bond donors (Lipinski definition) is 1. The Morgan fingerprint density at radius 2 is 1.92 bits per heavy atom. The van der Waals surface area contributed by atoms with Crippen molar-refractivity contribution in [1.29, 1.82) is 0 Å². The van der Waals surface area contributed by atoms with Gasteiger partial charge in [0.05, 0.1) is 32.1 Å². The lowest BCUT2D eigenvalue weighted by Crippen LogP contribution is -2.33. The summed E-state index contributed by atoms with van der Waals surface area (Å²) in [6.45, 7) is -0.0832. The summed E-state index contributed by atoms with van der Waals surface area (Å²) in [5.74, 6) is 1.02. The van der Waals surface area contributed by atoms with Gasteiger partial charge >= 0.3 is 0 Å². The first-order chi connectivity index (χ1) is 12.4. The molecule has 2 atom stereocenters. The highest BCUT2D eigenvalue weighted by Crippen LogP contribution is 2.37. The Labute approximate surface area is 154 Å². The summed E-state index contributed by atoms with van der Waals surface area (Å²) in [5.41, 5.74) is 0.902. The lowest BCUT2D eigenvalue weighted by Gasteiger charge is -2.21. The lowest BCUT2D eigenvalue weighted by atomic mass is 9.92. The minimum absolute atomic E-state index is 0.0832. The number of rotatable bonds is 7. The van der Waals surface area contributed by atoms with Crippen LogP contribution in [0.15, 0.2) is 18.2 Å². The smallest absolute Gasteiger partial charge is 0.264 e. The van der Waals surface area contributed by atoms with Gasteiger partial charge in [0.1, 0.15) is 0 Å². The SMILES string of the molecule is COc1ccc([C@H]2CC(=O)N[C@H]2COS(C)(=O)=O)cc1OC1CCCC1. The maximum absolute atomic E-state index is 11.9. The van der Waals surface area contributed by atoms with Crippen LogP contribution in [0.5, 0.6) is 11.5 Å². The molecule has 2 fully saturated rings. The molecule has 0 aromatic heterocycles. The highest BCUT2D eigenvalue weighted by Gasteiger charge is 2.35. The fourth-order valence-electron chi connectivity index (χ4n) is 3.61. The zero-order chi connectivity index (χ0) is 18.7. The van der Waals surface area contributed by atoms with Crippen molar-refractivity contribution >= 4 is 16.0 Å². The maximum atomic E-state index is 11.9. The van der Waals surface area contributed by atoms with Gasteiger partial charge in [0.15, 0.2) is 11.5 Å². The van der Waals surface area contributed by atoms with Crippen molar-refractivity contribution in [3.63, 3.8) is 0 Å². The molecular weight excluding hydrogens is 358 g/mol. The Morgan fingerprint density at radius 1 is 1.19 bits per heavy atom. The van der Waals surface area contributed by atoms with E-state index in [1.54, 1.807) is 7.11 Å². The summed E-state index contributed by atoms with van der Waals surface area (Å²) in [7, 11) is -1.97. The van der Waals surface area contributed by atoms with Gasteiger partial charge in [-0.25, -0.2) is 0 Å². The van der Waals surface area contributed by atoms with Gasteiger partial charge < -0.3 is 14.8 Å². The summed E-state index contributed by atoms with van der Waals surface area (Å²) >= 11 is 0. The number of carbonyl (C=O) groups is 1. The predicted octanol–water partition coefficient (Wildman–Crippen LogP) is 1.96. The second kappa shape index (κ2) is 7.84. The van der Waals surface area contributed by atoms with Crippen LogP contribution in [-0.4, -0.2) is 46.4 Å². The standard InChI is InChI=1S/C18H25NO6S/c1-23-16-8-7-12(9-17(16)25-13-5-3-4-6-13)14-10-18(20)19-15(14)11-24-26(2,21)22/h7-9,13-15H,3-6,10-11H2,1-2H3,(H,19,20)/t14-,15+/m1/s1. The molecule has 0 spiro atoms. The maximum Gasteiger partial charge on any atom is 0.264 e. The van der Waals surface area contributed by atoms with Crippen LogP contribution in [0.1, 0.15) is 43.6 Å². The van der Waals surface area contributed by atoms with Crippen LogP contribution in [0.25, 0.3) is 0 Å². The van der Waals surface area contributed by atoms with Crippen LogP contribution in [0.3, 0.4) is 0 Å². The summed E-state index contributed by atoms with van der Waals surface area (Å²) in [6.07, 6.45) is 5.86. The molecule has 1 aliphatic carbocycles. The summed E-state index contributed by atoms with van der Waals surface area (Å²) in [4.78, 5) is 11.9. The fraction of sp³-hybridized carbons (Fsp3) is 0.611. The van der Waals surface area contributed by atoms with Crippen molar-refractivity contribution < 1.29 is 26.9 Å². The first kappa shape index (κ1) is 19.0. The molecule has 1 amide bonds. The molecule has 144 valence electrons. The van der Waals surface area contributed by atoms with Crippen LogP contribution in [0.4, 0.5) is 0 Å². The quantitative estimate of drug-likeness (QED) is 0.724. The highest BCUT2D eigenvalue weighted by molar-refractivity contribution is 7.85. The molecule has 1 saturated carbocycles. The van der Waals surface area contributed by atoms with E-state index in [9.17, 15) is 13.2 Å². The Bertz CT molecular complexity index is 757. The van der Waals surface area contributed by atoms with E-state index in [-0.39, 0.29) is 31.0 Å². The number of benzene rings is 1. The van der Waals surface area contributed by atoms with Crippen LogP contribution in [-0.2, 0) is 19.1 Å². The minimum atomic E-state index is -3.57. The zero-order valence-electron chi connectivity index (χ0n) is 15.1. The van der Waals surface area contributed by atoms with Gasteiger partial charge in [-0.1, -0.05) is 6.07 Å². The average molecular weight is 383 g/mol. The molecule has 1 N–H and O–H groups in total. The van der Waals surface area contributed by atoms with Gasteiger partial charge in [-0.2, -0.15) is 8.42 Å². The predicted molar refractivity (Wildman–Crippen MR) is 96.0 cm³/mol. The third-order valence-electron chi connectivity index (χ3n) is 4.91. The molecule has 2 aliphatic rings. The molecule has 1 aromatic rings. The first-order valence-corrected chi connectivity index (χ1v) is 10.7. The van der Waals surface area contributed by atoms with E-state index in [0.29, 0.717) is 11.5 Å². The van der Waals surface area contributed by atoms with Crippen LogP contribution < -0.4 is 14.8 Å². The molecule has 0 bridgehead atoms. The highest BCUT2D eigenvalue weighted by atomic mass is 32.2. The van der Waals surface area contributed by atoms with Crippen molar-refractivity contribution in [3.05, 3.63) is 23.8 Å². The normalized spacial score (nSPS) is 23.8. The van der Waals surface area contributed by atoms with Gasteiger partial charge in [-0.15, -0.1) is 0 Å². The molecule has 1 aliphatic heterocycles. The van der Waals surface area contributed by atoms with Crippen LogP contribution >= 0.6 is 0 Å². The Hall–Kier alpha value is -1.80. The minimum Gasteiger partial charge on any atom is -0.493 e. The third-order valence-corrected chi connectivity index (χ3v) is 5.47. The molecule has 1 aromatic carbocycles. The first-order valence-electron chi connectivity index (χ1n) is 8.84. The molecule has 7 nitrogen and oxygen atoms in total. The Morgan fingerprint density at radius 3 is 2.58 bits per heavy atom. The summed E-state index contributed by atoms with van der Waals surface area (Å²) in [5, 5.41) is 2.80. The molecule has 0 unspecified atom stereocenters. The molecular formula is C18H25NO6S. The van der Waals surface area contributed by atoms with E-state index in [0.717, 1.165) is 24.7 Å². The number of carbonyl (C=O) groups excluding carboxylic acids is 1. The third kappa shape index (κ3) is 4.67. The van der Waals surface area contributed by atoms with Crippen molar-refractivity contribution in [2.75, 3.05) is 20.0 Å². The van der Waals surface area contributed by atoms with E-state index in [2.05, 4.69) is 5.32 Å². The van der Waals surface area contributed by atoms with E-state index < -0.39 is 16.2 Å². The van der Waals surface area contributed by atoms with Crippen LogP contribution in [0, 0.1) is 0 Å². The average Bonchev–Trinajstić information content (AvgIpc) is 3.21. The number of nitrogens with one attached hydrogen (secondary N) is 1. The largest absolute Gasteiger partial charge is 0.493 e. The summed E-state index contributed by atoms with van der Waals surface area (Å²) in [6, 6.07) is 5.22. The van der Waals surface area contributed by atoms with Crippen molar-refractivity contribution in [2.45, 2.75) is 50.2 Å². The number of methoxy groups -OCH3 is 1. The monoisotopic (exact) mass is 383 g/mol. The van der Waals surface area contributed by atoms with Crippen molar-refractivity contribution in [2.24, 2.45) is 0 Å². The van der Waals surface area contributed by atoms with Crippen molar-refractivity contribution in [3.8, 4) is 11.5 Å². The second-order valence-corrected chi connectivity index (χ2v) is 8.55. The number of ether oxygens (including phenoxy) is 2. The Kier molecular flexibility index (Phi) is 5.72. The van der Waals surface area contributed by atoms with E-state index in [1.165, 1.54) is 12.8 Å². The topological polar surface area (TPSA) is 90.9 Å². The van der Waals surface area contributed by atoms with Crippen molar-refractivity contribution in [1.82, 2.24) is 5.32 Å². The molecule has 1 heterocycles. The van der Waals surface area contributed by atoms with Crippen LogP contribution in [0.2, 0.25) is 0 Å².